The Hall–Kier alpha value is -0.240. The summed E-state index contributed by atoms with van der Waals surface area (Å²) in [5.41, 5.74) is 0. The molecule has 3 heteroatoms. The summed E-state index contributed by atoms with van der Waals surface area (Å²) >= 11 is 5.94. The molecular weight excluding hydrogens is 246 g/mol. The van der Waals surface area contributed by atoms with Crippen LogP contribution in [0.4, 0.5) is 0 Å². The van der Waals surface area contributed by atoms with Gasteiger partial charge in [-0.2, -0.15) is 0 Å². The van der Waals surface area contributed by atoms with Gasteiger partial charge < -0.3 is 5.32 Å². The molecule has 2 nitrogen and oxygen atoms in total. The van der Waals surface area contributed by atoms with E-state index in [1.807, 2.05) is 0 Å². The minimum atomic E-state index is 0.281. The van der Waals surface area contributed by atoms with Crippen molar-refractivity contribution in [1.82, 2.24) is 5.32 Å². The van der Waals surface area contributed by atoms with E-state index in [1.165, 1.54) is 38.5 Å². The molecule has 0 aromatic rings. The third-order valence-corrected chi connectivity index (χ3v) is 5.01. The molecule has 0 radical (unpaired) electrons. The Bertz CT molecular complexity index is 261. The number of hydrogen-bond donors (Lipinski definition) is 1. The average molecular weight is 272 g/mol. The summed E-state index contributed by atoms with van der Waals surface area (Å²) in [4.78, 5) is 12.3. The predicted molar refractivity (Wildman–Crippen MR) is 75.8 cm³/mol. The van der Waals surface area contributed by atoms with Crippen LogP contribution in [0.3, 0.4) is 0 Å². The van der Waals surface area contributed by atoms with Crippen molar-refractivity contribution >= 4 is 17.5 Å². The van der Waals surface area contributed by atoms with Crippen molar-refractivity contribution in [2.75, 3.05) is 5.88 Å². The van der Waals surface area contributed by atoms with Crippen molar-refractivity contribution in [3.8, 4) is 0 Å². The van der Waals surface area contributed by atoms with E-state index in [0.29, 0.717) is 17.9 Å². The van der Waals surface area contributed by atoms with Crippen LogP contribution in [0, 0.1) is 11.8 Å². The van der Waals surface area contributed by atoms with Crippen LogP contribution in [0.1, 0.15) is 64.2 Å². The zero-order valence-electron chi connectivity index (χ0n) is 11.3. The molecule has 0 aliphatic heterocycles. The van der Waals surface area contributed by atoms with Crippen molar-refractivity contribution in [2.45, 2.75) is 70.3 Å². The maximum Gasteiger partial charge on any atom is 0.223 e. The fourth-order valence-electron chi connectivity index (χ4n) is 3.42. The van der Waals surface area contributed by atoms with Gasteiger partial charge in [0.25, 0.3) is 0 Å². The molecule has 0 heterocycles. The van der Waals surface area contributed by atoms with E-state index in [2.05, 4.69) is 5.32 Å². The number of carbonyl (C=O) groups excluding carboxylic acids is 1. The van der Waals surface area contributed by atoms with Gasteiger partial charge >= 0.3 is 0 Å². The van der Waals surface area contributed by atoms with Gasteiger partial charge in [0.15, 0.2) is 0 Å². The predicted octanol–water partition coefficient (Wildman–Crippen LogP) is 3.87. The van der Waals surface area contributed by atoms with E-state index < -0.39 is 0 Å². The first-order valence-electron chi connectivity index (χ1n) is 7.66. The van der Waals surface area contributed by atoms with Gasteiger partial charge in [-0.15, -0.1) is 11.6 Å². The summed E-state index contributed by atoms with van der Waals surface area (Å²) in [5, 5.41) is 3.28. The van der Waals surface area contributed by atoms with Gasteiger partial charge in [-0.3, -0.25) is 4.79 Å². The number of amides is 1. The number of nitrogens with one attached hydrogen (secondary N) is 1. The lowest BCUT2D eigenvalue weighted by atomic mass is 9.86. The third-order valence-electron chi connectivity index (χ3n) is 4.57. The fourth-order valence-corrected chi connectivity index (χ4v) is 3.70. The Kier molecular flexibility index (Phi) is 5.81. The second-order valence-corrected chi connectivity index (χ2v) is 6.39. The number of hydrogen-bond acceptors (Lipinski definition) is 1. The molecule has 0 spiro atoms. The third kappa shape index (κ3) is 4.15. The monoisotopic (exact) mass is 271 g/mol. The molecule has 2 saturated carbocycles. The molecule has 2 unspecified atom stereocenters. The van der Waals surface area contributed by atoms with Crippen LogP contribution in [0.15, 0.2) is 0 Å². The molecule has 0 aromatic heterocycles. The highest BCUT2D eigenvalue weighted by Crippen LogP contribution is 2.27. The Morgan fingerprint density at radius 3 is 2.39 bits per heavy atom. The Morgan fingerprint density at radius 1 is 1.00 bits per heavy atom. The SMILES string of the molecule is O=C(NC1CCCC(CCl)C1)C1CCCCCC1. The quantitative estimate of drug-likeness (QED) is 0.613. The van der Waals surface area contributed by atoms with Crippen molar-refractivity contribution < 1.29 is 4.79 Å². The molecule has 1 amide bonds. The number of halogens is 1. The van der Waals surface area contributed by atoms with Gasteiger partial charge in [0, 0.05) is 17.8 Å². The van der Waals surface area contributed by atoms with Crippen LogP contribution in [-0.2, 0) is 4.79 Å². The first-order chi connectivity index (χ1) is 8.79. The highest BCUT2D eigenvalue weighted by atomic mass is 35.5. The van der Waals surface area contributed by atoms with Crippen molar-refractivity contribution in [2.24, 2.45) is 11.8 Å². The van der Waals surface area contributed by atoms with Crippen molar-refractivity contribution in [1.29, 1.82) is 0 Å². The zero-order valence-corrected chi connectivity index (χ0v) is 12.1. The Labute approximate surface area is 116 Å². The van der Waals surface area contributed by atoms with Crippen molar-refractivity contribution in [3.05, 3.63) is 0 Å². The van der Waals surface area contributed by atoms with Gasteiger partial charge in [-0.25, -0.2) is 0 Å². The average Bonchev–Trinajstić information content (AvgIpc) is 2.68. The second-order valence-electron chi connectivity index (χ2n) is 6.08. The standard InChI is InChI=1S/C15H26ClNO/c16-11-12-6-5-9-14(10-12)17-15(18)13-7-3-1-2-4-8-13/h12-14H,1-11H2,(H,17,18). The molecule has 2 aliphatic rings. The summed E-state index contributed by atoms with van der Waals surface area (Å²) in [6.07, 6.45) is 11.9. The topological polar surface area (TPSA) is 29.1 Å². The van der Waals surface area contributed by atoms with Crippen LogP contribution < -0.4 is 5.32 Å². The molecular formula is C15H26ClNO. The minimum absolute atomic E-state index is 0.281. The summed E-state index contributed by atoms with van der Waals surface area (Å²) in [5.74, 6) is 1.95. The molecule has 0 bridgehead atoms. The highest BCUT2D eigenvalue weighted by molar-refractivity contribution is 6.18. The van der Waals surface area contributed by atoms with Crippen LogP contribution in [0.25, 0.3) is 0 Å². The first kappa shape index (κ1) is 14.2. The smallest absolute Gasteiger partial charge is 0.223 e. The Morgan fingerprint density at radius 2 is 1.72 bits per heavy atom. The summed E-state index contributed by atoms with van der Waals surface area (Å²) < 4.78 is 0. The first-order valence-corrected chi connectivity index (χ1v) is 8.19. The number of alkyl halides is 1. The fraction of sp³-hybridized carbons (Fsp3) is 0.933. The molecule has 2 rings (SSSR count). The second kappa shape index (κ2) is 7.37. The van der Waals surface area contributed by atoms with Crippen molar-refractivity contribution in [3.63, 3.8) is 0 Å². The van der Waals surface area contributed by atoms with E-state index in [0.717, 1.165) is 31.6 Å². The van der Waals surface area contributed by atoms with E-state index in [4.69, 9.17) is 11.6 Å². The number of rotatable bonds is 3. The minimum Gasteiger partial charge on any atom is -0.353 e. The lowest BCUT2D eigenvalue weighted by Gasteiger charge is -2.29. The van der Waals surface area contributed by atoms with Crippen LogP contribution in [-0.4, -0.2) is 17.8 Å². The molecule has 2 aliphatic carbocycles. The highest BCUT2D eigenvalue weighted by Gasteiger charge is 2.26. The van der Waals surface area contributed by atoms with Gasteiger partial charge in [-0.1, -0.05) is 32.1 Å². The molecule has 1 N–H and O–H groups in total. The molecule has 18 heavy (non-hydrogen) atoms. The molecule has 2 fully saturated rings. The summed E-state index contributed by atoms with van der Waals surface area (Å²) in [7, 11) is 0. The van der Waals surface area contributed by atoms with E-state index in [1.54, 1.807) is 0 Å². The zero-order chi connectivity index (χ0) is 12.8. The maximum atomic E-state index is 12.3. The van der Waals surface area contributed by atoms with E-state index in [9.17, 15) is 4.79 Å². The van der Waals surface area contributed by atoms with Crippen LogP contribution >= 0.6 is 11.6 Å². The normalized spacial score (nSPS) is 30.7. The number of carbonyl (C=O) groups is 1. The summed E-state index contributed by atoms with van der Waals surface area (Å²) in [6.45, 7) is 0. The van der Waals surface area contributed by atoms with Gasteiger partial charge in [0.05, 0.1) is 0 Å². The van der Waals surface area contributed by atoms with Crippen LogP contribution in [0.2, 0.25) is 0 Å². The maximum absolute atomic E-state index is 12.3. The van der Waals surface area contributed by atoms with E-state index in [-0.39, 0.29) is 5.92 Å². The largest absolute Gasteiger partial charge is 0.353 e. The van der Waals surface area contributed by atoms with E-state index >= 15 is 0 Å². The Balaban J connectivity index is 1.78. The molecule has 104 valence electrons. The lowest BCUT2D eigenvalue weighted by molar-refractivity contribution is -0.126. The van der Waals surface area contributed by atoms with Gasteiger partial charge in [0.2, 0.25) is 5.91 Å². The molecule has 0 saturated heterocycles. The van der Waals surface area contributed by atoms with Gasteiger partial charge in [-0.05, 0) is 38.0 Å². The lowest BCUT2D eigenvalue weighted by Crippen LogP contribution is -2.41. The van der Waals surface area contributed by atoms with Crippen LogP contribution in [0.5, 0.6) is 0 Å². The van der Waals surface area contributed by atoms with Gasteiger partial charge in [0.1, 0.15) is 0 Å². The summed E-state index contributed by atoms with van der Waals surface area (Å²) in [6, 6.07) is 0.387. The molecule has 0 aromatic carbocycles. The molecule has 2 atom stereocenters.